The number of halogens is 1. The van der Waals surface area contributed by atoms with Crippen LogP contribution in [0.3, 0.4) is 0 Å². The van der Waals surface area contributed by atoms with Crippen LogP contribution < -0.4 is 5.43 Å². The first-order valence-corrected chi connectivity index (χ1v) is 6.22. The summed E-state index contributed by atoms with van der Waals surface area (Å²) in [4.78, 5) is 15.5. The minimum absolute atomic E-state index is 0.218. The number of aromatic amines is 1. The molecule has 2 aromatic carbocycles. The average Bonchev–Trinajstić information content (AvgIpc) is 2.41. The molecule has 0 radical (unpaired) electrons. The lowest BCUT2D eigenvalue weighted by Gasteiger charge is -2.08. The number of rotatable bonds is 1. The van der Waals surface area contributed by atoms with Crippen molar-refractivity contribution < 1.29 is 4.39 Å². The van der Waals surface area contributed by atoms with Gasteiger partial charge in [0.1, 0.15) is 5.82 Å². The van der Waals surface area contributed by atoms with Crippen LogP contribution in [-0.2, 0) is 0 Å². The normalized spacial score (nSPS) is 10.8. The highest BCUT2D eigenvalue weighted by molar-refractivity contribution is 7.80. The van der Waals surface area contributed by atoms with Crippen LogP contribution in [0.15, 0.2) is 58.4 Å². The predicted molar refractivity (Wildman–Crippen MR) is 77.2 cm³/mol. The summed E-state index contributed by atoms with van der Waals surface area (Å²) in [5.74, 6) is -0.432. The smallest absolute Gasteiger partial charge is 0.198 e. The highest BCUT2D eigenvalue weighted by Crippen LogP contribution is 2.26. The first kappa shape index (κ1) is 12.0. The molecule has 0 aliphatic heterocycles. The third-order valence-electron chi connectivity index (χ3n) is 3.03. The first-order chi connectivity index (χ1) is 9.18. The number of para-hydroxylation sites is 1. The van der Waals surface area contributed by atoms with Crippen molar-refractivity contribution in [3.05, 3.63) is 64.6 Å². The molecule has 0 atom stereocenters. The van der Waals surface area contributed by atoms with E-state index < -0.39 is 5.82 Å². The summed E-state index contributed by atoms with van der Waals surface area (Å²) in [5, 5.41) is 0.896. The average molecular weight is 271 g/mol. The predicted octanol–water partition coefficient (Wildman–Crippen LogP) is 3.62. The molecular weight excluding hydrogens is 261 g/mol. The second-order valence-corrected chi connectivity index (χ2v) is 4.65. The van der Waals surface area contributed by atoms with Crippen LogP contribution in [0.2, 0.25) is 0 Å². The fraction of sp³-hybridized carbons (Fsp3) is 0. The van der Waals surface area contributed by atoms with Crippen molar-refractivity contribution in [3.63, 3.8) is 0 Å². The van der Waals surface area contributed by atoms with Crippen LogP contribution in [0, 0.1) is 5.82 Å². The fourth-order valence-electron chi connectivity index (χ4n) is 2.14. The van der Waals surface area contributed by atoms with Crippen molar-refractivity contribution >= 4 is 23.5 Å². The molecule has 0 aliphatic carbocycles. The molecule has 0 aliphatic rings. The molecule has 1 aromatic heterocycles. The summed E-state index contributed by atoms with van der Waals surface area (Å²) in [6.07, 6.45) is 0. The van der Waals surface area contributed by atoms with E-state index in [2.05, 4.69) is 17.6 Å². The Hall–Kier alpha value is -2.07. The van der Waals surface area contributed by atoms with E-state index in [0.717, 1.165) is 0 Å². The van der Waals surface area contributed by atoms with Gasteiger partial charge in [0.15, 0.2) is 5.43 Å². The molecule has 4 heteroatoms. The van der Waals surface area contributed by atoms with Gasteiger partial charge in [0.2, 0.25) is 0 Å². The van der Waals surface area contributed by atoms with Gasteiger partial charge in [-0.05, 0) is 18.2 Å². The number of hydrogen-bond acceptors (Lipinski definition) is 2. The van der Waals surface area contributed by atoms with Gasteiger partial charge in [-0.15, -0.1) is 12.6 Å². The Kier molecular flexibility index (Phi) is 2.87. The molecule has 0 amide bonds. The molecule has 94 valence electrons. The van der Waals surface area contributed by atoms with Crippen LogP contribution in [0.5, 0.6) is 0 Å². The molecule has 3 rings (SSSR count). The molecule has 0 spiro atoms. The Morgan fingerprint density at radius 2 is 1.68 bits per heavy atom. The molecular formula is C15H10FNOS. The molecule has 3 aromatic rings. The van der Waals surface area contributed by atoms with Gasteiger partial charge >= 0.3 is 0 Å². The van der Waals surface area contributed by atoms with Crippen molar-refractivity contribution in [3.8, 4) is 11.1 Å². The molecule has 2 nitrogen and oxygen atoms in total. The van der Waals surface area contributed by atoms with Gasteiger partial charge in [-0.3, -0.25) is 4.79 Å². The summed E-state index contributed by atoms with van der Waals surface area (Å²) in [6, 6.07) is 13.3. The zero-order chi connectivity index (χ0) is 13.4. The van der Waals surface area contributed by atoms with Crippen LogP contribution in [0.1, 0.15) is 0 Å². The van der Waals surface area contributed by atoms with E-state index in [1.54, 1.807) is 36.4 Å². The first-order valence-electron chi connectivity index (χ1n) is 5.77. The third-order valence-corrected chi connectivity index (χ3v) is 3.37. The number of thiol groups is 1. The SMILES string of the molecule is O=c1c(-c2ccccc2F)c(S)[nH]c2ccccc12. The number of aromatic nitrogens is 1. The summed E-state index contributed by atoms with van der Waals surface area (Å²) >= 11 is 4.28. The number of pyridine rings is 1. The Morgan fingerprint density at radius 3 is 2.47 bits per heavy atom. The van der Waals surface area contributed by atoms with Crippen molar-refractivity contribution in [2.24, 2.45) is 0 Å². The topological polar surface area (TPSA) is 32.9 Å². The molecule has 0 fully saturated rings. The quantitative estimate of drug-likeness (QED) is 0.651. The van der Waals surface area contributed by atoms with E-state index in [-0.39, 0.29) is 16.6 Å². The van der Waals surface area contributed by atoms with Crippen molar-refractivity contribution in [1.29, 1.82) is 0 Å². The summed E-state index contributed by atoms with van der Waals surface area (Å²) < 4.78 is 13.8. The standard InChI is InChI=1S/C15H10FNOS/c16-11-7-3-1-5-9(11)13-14(18)10-6-2-4-8-12(10)17-15(13)19/h1-8H,(H2,17,18,19). The maximum Gasteiger partial charge on any atom is 0.198 e. The Morgan fingerprint density at radius 1 is 1.00 bits per heavy atom. The lowest BCUT2D eigenvalue weighted by Crippen LogP contribution is -2.09. The Balaban J connectivity index is 2.43. The van der Waals surface area contributed by atoms with Crippen LogP contribution >= 0.6 is 12.6 Å². The number of nitrogens with one attached hydrogen (secondary N) is 1. The molecule has 0 saturated heterocycles. The molecule has 1 N–H and O–H groups in total. The monoisotopic (exact) mass is 271 g/mol. The van der Waals surface area contributed by atoms with Gasteiger partial charge in [0.05, 0.1) is 16.1 Å². The highest BCUT2D eigenvalue weighted by Gasteiger charge is 2.14. The van der Waals surface area contributed by atoms with Gasteiger partial charge in [-0.2, -0.15) is 0 Å². The molecule has 0 bridgehead atoms. The second-order valence-electron chi connectivity index (χ2n) is 4.20. The van der Waals surface area contributed by atoms with E-state index in [0.29, 0.717) is 15.9 Å². The highest BCUT2D eigenvalue weighted by atomic mass is 32.1. The van der Waals surface area contributed by atoms with Crippen LogP contribution in [0.25, 0.3) is 22.0 Å². The van der Waals surface area contributed by atoms with E-state index in [4.69, 9.17) is 0 Å². The van der Waals surface area contributed by atoms with Gasteiger partial charge < -0.3 is 4.98 Å². The molecule has 1 heterocycles. The molecule has 19 heavy (non-hydrogen) atoms. The minimum Gasteiger partial charge on any atom is -0.349 e. The van der Waals surface area contributed by atoms with E-state index in [9.17, 15) is 9.18 Å². The van der Waals surface area contributed by atoms with Crippen LogP contribution in [0.4, 0.5) is 4.39 Å². The molecule has 0 saturated carbocycles. The van der Waals surface area contributed by atoms with Gasteiger partial charge in [0.25, 0.3) is 0 Å². The van der Waals surface area contributed by atoms with Crippen molar-refractivity contribution in [1.82, 2.24) is 4.98 Å². The molecule has 0 unspecified atom stereocenters. The zero-order valence-corrected chi connectivity index (χ0v) is 10.7. The summed E-state index contributed by atoms with van der Waals surface area (Å²) in [6.45, 7) is 0. The minimum atomic E-state index is -0.432. The number of hydrogen-bond donors (Lipinski definition) is 2. The Labute approximate surface area is 114 Å². The summed E-state index contributed by atoms with van der Waals surface area (Å²) in [5.41, 5.74) is 1.00. The van der Waals surface area contributed by atoms with E-state index in [1.165, 1.54) is 6.07 Å². The van der Waals surface area contributed by atoms with E-state index >= 15 is 0 Å². The lowest BCUT2D eigenvalue weighted by molar-refractivity contribution is 0.630. The lowest BCUT2D eigenvalue weighted by atomic mass is 10.0. The van der Waals surface area contributed by atoms with Gasteiger partial charge in [-0.25, -0.2) is 4.39 Å². The van der Waals surface area contributed by atoms with Crippen molar-refractivity contribution in [2.45, 2.75) is 5.03 Å². The van der Waals surface area contributed by atoms with Gasteiger partial charge in [-0.1, -0.05) is 30.3 Å². The van der Waals surface area contributed by atoms with Gasteiger partial charge in [0, 0.05) is 10.9 Å². The third kappa shape index (κ3) is 1.94. The maximum atomic E-state index is 13.8. The zero-order valence-electron chi connectivity index (χ0n) is 9.85. The Bertz CT molecular complexity index is 826. The van der Waals surface area contributed by atoms with Crippen molar-refractivity contribution in [2.75, 3.05) is 0 Å². The summed E-state index contributed by atoms with van der Waals surface area (Å²) in [7, 11) is 0. The second kappa shape index (κ2) is 4.55. The fourth-order valence-corrected chi connectivity index (χ4v) is 2.48. The largest absolute Gasteiger partial charge is 0.349 e. The van der Waals surface area contributed by atoms with Crippen LogP contribution in [-0.4, -0.2) is 4.98 Å². The maximum absolute atomic E-state index is 13.8. The number of benzene rings is 2. The number of H-pyrrole nitrogens is 1. The van der Waals surface area contributed by atoms with E-state index in [1.807, 2.05) is 6.07 Å². The number of fused-ring (bicyclic) bond motifs is 1.